The van der Waals surface area contributed by atoms with E-state index in [1.165, 1.54) is 11.8 Å². The number of nitrogens with zero attached hydrogens (tertiary/aromatic N) is 2. The fourth-order valence-electron chi connectivity index (χ4n) is 3.04. The van der Waals surface area contributed by atoms with E-state index in [1.54, 1.807) is 13.1 Å². The van der Waals surface area contributed by atoms with Crippen LogP contribution in [-0.2, 0) is 10.2 Å². The number of rotatable bonds is 8. The van der Waals surface area contributed by atoms with Crippen LogP contribution in [-0.4, -0.2) is 22.2 Å². The highest BCUT2D eigenvalue weighted by atomic mass is 16.3. The second-order valence-corrected chi connectivity index (χ2v) is 8.47. The van der Waals surface area contributed by atoms with Crippen LogP contribution in [0.3, 0.4) is 0 Å². The van der Waals surface area contributed by atoms with Gasteiger partial charge in [0.2, 0.25) is 0 Å². The van der Waals surface area contributed by atoms with Crippen LogP contribution in [0.2, 0.25) is 0 Å². The normalized spacial score (nSPS) is 13.4. The van der Waals surface area contributed by atoms with Gasteiger partial charge in [0.1, 0.15) is 5.82 Å². The van der Waals surface area contributed by atoms with Gasteiger partial charge in [-0.05, 0) is 48.1 Å². The fraction of sp³-hybridized carbons (Fsp3) is 0.320. The molecule has 1 amide bonds. The minimum absolute atomic E-state index is 0.101. The number of carbonyl (C=O) groups is 1. The number of carbonyl (C=O) groups excluding carboxylic acids is 1. The summed E-state index contributed by atoms with van der Waals surface area (Å²) in [6.45, 7) is 13.6. The number of nitrogens with two attached hydrogens (primary N) is 1. The van der Waals surface area contributed by atoms with Crippen molar-refractivity contribution in [3.05, 3.63) is 77.5 Å². The highest BCUT2D eigenvalue weighted by molar-refractivity contribution is 5.95. The third-order valence-electron chi connectivity index (χ3n) is 4.93. The van der Waals surface area contributed by atoms with Crippen LogP contribution >= 0.6 is 0 Å². The first kappa shape index (κ1) is 24.7. The van der Waals surface area contributed by atoms with E-state index >= 15 is 0 Å². The lowest BCUT2D eigenvalue weighted by atomic mass is 9.87. The molecule has 0 radical (unpaired) electrons. The van der Waals surface area contributed by atoms with Gasteiger partial charge in [0.15, 0.2) is 11.5 Å². The summed E-state index contributed by atoms with van der Waals surface area (Å²) in [5, 5.41) is 16.2. The number of aliphatic hydroxyl groups excluding tert-OH is 1. The molecule has 0 saturated heterocycles. The maximum atomic E-state index is 12.7. The average Bonchev–Trinajstić information content (AvgIpc) is 2.75. The number of aliphatic imine (C=N–C) groups is 1. The first-order valence-corrected chi connectivity index (χ1v) is 10.6. The highest BCUT2D eigenvalue weighted by Crippen LogP contribution is 2.25. The summed E-state index contributed by atoms with van der Waals surface area (Å²) >= 11 is 0. The lowest BCUT2D eigenvalue weighted by Gasteiger charge is -2.19. The van der Waals surface area contributed by atoms with E-state index in [-0.39, 0.29) is 22.9 Å². The summed E-state index contributed by atoms with van der Waals surface area (Å²) in [6.07, 6.45) is 3.75. The quantitative estimate of drug-likeness (QED) is 0.201. The largest absolute Gasteiger partial charge is 0.504 e. The summed E-state index contributed by atoms with van der Waals surface area (Å²) in [5.74, 6) is -0.280. The smallest absolute Gasteiger partial charge is 0.274 e. The molecule has 0 aliphatic carbocycles. The predicted octanol–water partition coefficient (Wildman–Crippen LogP) is 5.02. The predicted molar refractivity (Wildman–Crippen MR) is 131 cm³/mol. The molecule has 1 heterocycles. The van der Waals surface area contributed by atoms with Crippen molar-refractivity contribution >= 4 is 23.6 Å². The third kappa shape index (κ3) is 6.44. The molecule has 5 N–H and O–H groups in total. The second kappa shape index (κ2) is 10.6. The number of amides is 1. The molecular formula is C25H33N5O2. The molecule has 0 saturated carbocycles. The number of pyridine rings is 1. The molecule has 1 atom stereocenters. The van der Waals surface area contributed by atoms with E-state index in [2.05, 4.69) is 60.1 Å². The van der Waals surface area contributed by atoms with Crippen LogP contribution in [0.4, 0.5) is 11.5 Å². The molecule has 1 aromatic carbocycles. The molecule has 0 aliphatic heterocycles. The summed E-state index contributed by atoms with van der Waals surface area (Å²) in [7, 11) is 0. The molecule has 1 unspecified atom stereocenters. The van der Waals surface area contributed by atoms with E-state index in [0.717, 1.165) is 11.3 Å². The van der Waals surface area contributed by atoms with Crippen molar-refractivity contribution in [3.63, 3.8) is 0 Å². The van der Waals surface area contributed by atoms with E-state index in [4.69, 9.17) is 5.73 Å². The Morgan fingerprint density at radius 1 is 1.25 bits per heavy atom. The van der Waals surface area contributed by atoms with Gasteiger partial charge in [-0.15, -0.1) is 0 Å². The zero-order chi connectivity index (χ0) is 23.9. The molecule has 170 valence electrons. The maximum Gasteiger partial charge on any atom is 0.274 e. The Bertz CT molecular complexity index is 1000. The molecule has 0 bridgehead atoms. The fourth-order valence-corrected chi connectivity index (χ4v) is 3.04. The number of benzene rings is 1. The van der Waals surface area contributed by atoms with Crippen LogP contribution < -0.4 is 16.4 Å². The van der Waals surface area contributed by atoms with Gasteiger partial charge in [-0.1, -0.05) is 52.5 Å². The Balaban J connectivity index is 2.13. The first-order chi connectivity index (χ1) is 15.1. The summed E-state index contributed by atoms with van der Waals surface area (Å²) in [6, 6.07) is 11.7. The lowest BCUT2D eigenvalue weighted by molar-refractivity contribution is -0.118. The van der Waals surface area contributed by atoms with Crippen LogP contribution in [0.1, 0.15) is 58.2 Å². The molecule has 32 heavy (non-hydrogen) atoms. The van der Waals surface area contributed by atoms with E-state index in [9.17, 15) is 9.90 Å². The molecule has 2 aromatic rings. The third-order valence-corrected chi connectivity index (χ3v) is 4.93. The Kier molecular flexibility index (Phi) is 8.18. The van der Waals surface area contributed by atoms with Crippen molar-refractivity contribution in [2.45, 2.75) is 52.5 Å². The van der Waals surface area contributed by atoms with E-state index in [0.29, 0.717) is 12.2 Å². The molecule has 7 nitrogen and oxygen atoms in total. The number of aromatic nitrogens is 1. The Hall–Kier alpha value is -3.61. The van der Waals surface area contributed by atoms with Crippen LogP contribution in [0.5, 0.6) is 0 Å². The summed E-state index contributed by atoms with van der Waals surface area (Å²) < 4.78 is 0. The SMILES string of the molecule is C=C(N)/C(O)=C(\N=C/C)C(=O)NC(CC)c1ccc(Nc2ccc(C(C)(C)C)cc2)nc1. The van der Waals surface area contributed by atoms with Gasteiger partial charge in [0.25, 0.3) is 5.91 Å². The minimum Gasteiger partial charge on any atom is -0.504 e. The molecular weight excluding hydrogens is 402 g/mol. The number of hydrogen-bond acceptors (Lipinski definition) is 6. The van der Waals surface area contributed by atoms with Crippen LogP contribution in [0.25, 0.3) is 0 Å². The molecule has 0 spiro atoms. The topological polar surface area (TPSA) is 113 Å². The zero-order valence-corrected chi connectivity index (χ0v) is 19.4. The van der Waals surface area contributed by atoms with Gasteiger partial charge in [0, 0.05) is 18.1 Å². The van der Waals surface area contributed by atoms with Gasteiger partial charge in [-0.25, -0.2) is 4.98 Å². The Morgan fingerprint density at radius 2 is 1.91 bits per heavy atom. The number of aliphatic hydroxyl groups is 1. The van der Waals surface area contributed by atoms with E-state index < -0.39 is 11.7 Å². The average molecular weight is 436 g/mol. The molecule has 1 aromatic heterocycles. The Morgan fingerprint density at radius 3 is 2.38 bits per heavy atom. The van der Waals surface area contributed by atoms with Gasteiger partial charge < -0.3 is 21.5 Å². The van der Waals surface area contributed by atoms with Crippen molar-refractivity contribution < 1.29 is 9.90 Å². The molecule has 0 fully saturated rings. The Labute approximate surface area is 190 Å². The lowest BCUT2D eigenvalue weighted by Crippen LogP contribution is -2.30. The van der Waals surface area contributed by atoms with Crippen molar-refractivity contribution in [1.82, 2.24) is 10.3 Å². The second-order valence-electron chi connectivity index (χ2n) is 8.47. The first-order valence-electron chi connectivity index (χ1n) is 10.6. The van der Waals surface area contributed by atoms with Crippen molar-refractivity contribution in [3.8, 4) is 0 Å². The van der Waals surface area contributed by atoms with Crippen molar-refractivity contribution in [2.24, 2.45) is 10.7 Å². The van der Waals surface area contributed by atoms with Gasteiger partial charge in [-0.3, -0.25) is 9.79 Å². The summed E-state index contributed by atoms with van der Waals surface area (Å²) in [5.41, 5.74) is 8.36. The summed E-state index contributed by atoms with van der Waals surface area (Å²) in [4.78, 5) is 21.1. The molecule has 0 aliphatic rings. The van der Waals surface area contributed by atoms with Crippen molar-refractivity contribution in [1.29, 1.82) is 0 Å². The maximum absolute atomic E-state index is 12.7. The minimum atomic E-state index is -0.541. The standard InChI is InChI=1S/C25H33N5O2/c1-7-20(30-24(32)22(27-8-2)23(31)16(3)26)17-9-14-21(28-15-17)29-19-12-10-18(11-13-19)25(4,5)6/h8-15,20,31H,3,7,26H2,1-2,4-6H3,(H,28,29)(H,30,32)/b23-22+,27-8-. The molecule has 7 heteroatoms. The van der Waals surface area contributed by atoms with Crippen molar-refractivity contribution in [2.75, 3.05) is 5.32 Å². The monoisotopic (exact) mass is 435 g/mol. The number of hydrogen-bond donors (Lipinski definition) is 4. The van der Waals surface area contributed by atoms with Crippen LogP contribution in [0.15, 0.2) is 71.3 Å². The highest BCUT2D eigenvalue weighted by Gasteiger charge is 2.20. The number of anilines is 2. The van der Waals surface area contributed by atoms with Gasteiger partial charge >= 0.3 is 0 Å². The number of nitrogens with one attached hydrogen (secondary N) is 2. The van der Waals surface area contributed by atoms with Gasteiger partial charge in [0.05, 0.1) is 11.7 Å². The van der Waals surface area contributed by atoms with Gasteiger partial charge in [-0.2, -0.15) is 0 Å². The molecule has 2 rings (SSSR count). The van der Waals surface area contributed by atoms with E-state index in [1.807, 2.05) is 31.2 Å². The van der Waals surface area contributed by atoms with Crippen LogP contribution in [0, 0.1) is 0 Å². The zero-order valence-electron chi connectivity index (χ0n) is 19.4.